The predicted molar refractivity (Wildman–Crippen MR) is 91.9 cm³/mol. The maximum absolute atomic E-state index is 12.8. The van der Waals surface area contributed by atoms with Crippen molar-refractivity contribution in [3.63, 3.8) is 0 Å². The third kappa shape index (κ3) is 4.06. The number of benzene rings is 1. The molecule has 1 fully saturated rings. The molecule has 0 radical (unpaired) electrons. The van der Waals surface area contributed by atoms with Crippen LogP contribution in [0, 0.1) is 5.92 Å². The summed E-state index contributed by atoms with van der Waals surface area (Å²) in [7, 11) is -2.50. The molecule has 2 aliphatic heterocycles. The van der Waals surface area contributed by atoms with Crippen LogP contribution in [0.15, 0.2) is 18.2 Å². The highest BCUT2D eigenvalue weighted by atomic mass is 32.3. The van der Waals surface area contributed by atoms with Crippen molar-refractivity contribution in [2.24, 2.45) is 5.92 Å². The molecule has 0 spiro atoms. The first-order valence-electron chi connectivity index (χ1n) is 8.12. The number of nitrogens with one attached hydrogen (secondary N) is 1. The highest BCUT2D eigenvalue weighted by Gasteiger charge is 2.32. The molecule has 0 bridgehead atoms. The molecular weight excluding hydrogens is 348 g/mol. The second kappa shape index (κ2) is 7.20. The molecule has 8 nitrogen and oxygen atoms in total. The lowest BCUT2D eigenvalue weighted by molar-refractivity contribution is -0.136. The summed E-state index contributed by atoms with van der Waals surface area (Å²) in [4.78, 5) is 26.0. The Balaban J connectivity index is 1.71. The van der Waals surface area contributed by atoms with Gasteiger partial charge >= 0.3 is 0 Å². The molecule has 1 saturated heterocycles. The molecule has 0 aliphatic carbocycles. The largest absolute Gasteiger partial charge is 0.491 e. The van der Waals surface area contributed by atoms with Crippen LogP contribution in [0.2, 0.25) is 0 Å². The van der Waals surface area contributed by atoms with E-state index in [1.165, 1.54) is 0 Å². The van der Waals surface area contributed by atoms with Crippen molar-refractivity contribution >= 4 is 22.4 Å². The minimum Gasteiger partial charge on any atom is -0.491 e. The highest BCUT2D eigenvalue weighted by Crippen LogP contribution is 2.46. The minimum atomic E-state index is -2.50. The fraction of sp³-hybridized carbons (Fsp3) is 0.500. The number of carbonyl (C=O) groups excluding carboxylic acids is 2. The normalized spacial score (nSPS) is 21.5. The van der Waals surface area contributed by atoms with E-state index in [1.54, 1.807) is 28.6 Å². The molecule has 25 heavy (non-hydrogen) atoms. The van der Waals surface area contributed by atoms with Crippen LogP contribution in [0.4, 0.5) is 0 Å². The van der Waals surface area contributed by atoms with Gasteiger partial charge in [-0.05, 0) is 25.0 Å². The van der Waals surface area contributed by atoms with Gasteiger partial charge in [0.1, 0.15) is 12.4 Å². The number of hydrogen-bond donors (Lipinski definition) is 4. The van der Waals surface area contributed by atoms with E-state index in [1.807, 2.05) is 0 Å². The van der Waals surface area contributed by atoms with Crippen LogP contribution in [0.25, 0.3) is 0 Å². The van der Waals surface area contributed by atoms with Crippen molar-refractivity contribution in [2.75, 3.05) is 24.7 Å². The SMILES string of the molecule is O=C(NO)c1ccc2c(c1)OCCN(C(=O)C1CCS(O)(O)CC1)C2. The molecule has 4 N–H and O–H groups in total. The number of ether oxygens (including phenoxy) is 1. The van der Waals surface area contributed by atoms with E-state index in [2.05, 4.69) is 0 Å². The van der Waals surface area contributed by atoms with Crippen LogP contribution in [0.1, 0.15) is 28.8 Å². The molecule has 0 unspecified atom stereocenters. The van der Waals surface area contributed by atoms with Crippen molar-refractivity contribution in [1.82, 2.24) is 10.4 Å². The first-order chi connectivity index (χ1) is 11.9. The first-order valence-corrected chi connectivity index (χ1v) is 10.0. The van der Waals surface area contributed by atoms with Crippen molar-refractivity contribution in [3.05, 3.63) is 29.3 Å². The average molecular weight is 370 g/mol. The molecule has 1 aromatic rings. The summed E-state index contributed by atoms with van der Waals surface area (Å²) < 4.78 is 25.0. The van der Waals surface area contributed by atoms with E-state index in [0.29, 0.717) is 38.3 Å². The number of fused-ring (bicyclic) bond motifs is 1. The second-order valence-corrected chi connectivity index (χ2v) is 8.78. The number of carbonyl (C=O) groups is 2. The maximum Gasteiger partial charge on any atom is 0.274 e. The Hall–Kier alpha value is -1.81. The molecule has 0 aromatic heterocycles. The number of amides is 2. The van der Waals surface area contributed by atoms with Gasteiger partial charge in [-0.15, -0.1) is 0 Å². The molecule has 2 aliphatic rings. The Morgan fingerprint density at radius 3 is 2.64 bits per heavy atom. The van der Waals surface area contributed by atoms with Crippen LogP contribution < -0.4 is 10.2 Å². The lowest BCUT2D eigenvalue weighted by Crippen LogP contribution is -2.39. The van der Waals surface area contributed by atoms with E-state index in [0.717, 1.165) is 5.56 Å². The number of hydroxylamine groups is 1. The van der Waals surface area contributed by atoms with Crippen LogP contribution in [-0.4, -0.2) is 55.7 Å². The van der Waals surface area contributed by atoms with Crippen LogP contribution >= 0.6 is 10.6 Å². The Morgan fingerprint density at radius 2 is 1.96 bits per heavy atom. The average Bonchev–Trinajstić information content (AvgIpc) is 2.82. The second-order valence-electron chi connectivity index (χ2n) is 6.36. The third-order valence-corrected chi connectivity index (χ3v) is 6.44. The van der Waals surface area contributed by atoms with Crippen molar-refractivity contribution in [3.8, 4) is 5.75 Å². The van der Waals surface area contributed by atoms with Gasteiger partial charge in [-0.2, -0.15) is 10.6 Å². The predicted octanol–water partition coefficient (Wildman–Crippen LogP) is 1.69. The smallest absolute Gasteiger partial charge is 0.274 e. The van der Waals surface area contributed by atoms with Crippen LogP contribution in [-0.2, 0) is 11.3 Å². The topological polar surface area (TPSA) is 119 Å². The number of rotatable bonds is 2. The van der Waals surface area contributed by atoms with E-state index < -0.39 is 16.5 Å². The van der Waals surface area contributed by atoms with Crippen molar-refractivity contribution in [2.45, 2.75) is 19.4 Å². The molecule has 0 atom stereocenters. The molecule has 9 heteroatoms. The lowest BCUT2D eigenvalue weighted by Gasteiger charge is -2.39. The van der Waals surface area contributed by atoms with Crippen LogP contribution in [0.5, 0.6) is 5.75 Å². The van der Waals surface area contributed by atoms with E-state index in [4.69, 9.17) is 9.94 Å². The molecule has 138 valence electrons. The zero-order chi connectivity index (χ0) is 18.0. The molecule has 2 heterocycles. The summed E-state index contributed by atoms with van der Waals surface area (Å²) in [5.41, 5.74) is 2.65. The maximum atomic E-state index is 12.8. The van der Waals surface area contributed by atoms with E-state index in [-0.39, 0.29) is 28.9 Å². The van der Waals surface area contributed by atoms with Gasteiger partial charge in [0.05, 0.1) is 6.54 Å². The molecule has 0 saturated carbocycles. The molecular formula is C16H22N2O6S. The molecule has 3 rings (SSSR count). The standard InChI is InChI=1S/C16H22N2O6S/c19-15(17-21)12-1-2-13-10-18(5-6-24-14(13)9-12)16(20)11-3-7-25(22,23)8-4-11/h1-2,9,11,21-23H,3-8,10H2,(H,17,19). The van der Waals surface area contributed by atoms with Crippen molar-refractivity contribution < 1.29 is 28.6 Å². The minimum absolute atomic E-state index is 0.00327. The van der Waals surface area contributed by atoms with Gasteiger partial charge in [0, 0.05) is 35.1 Å². The third-order valence-electron chi connectivity index (χ3n) is 4.66. The van der Waals surface area contributed by atoms with Crippen LogP contribution in [0.3, 0.4) is 0 Å². The Bertz CT molecular complexity index is 671. The van der Waals surface area contributed by atoms with Crippen molar-refractivity contribution in [1.29, 1.82) is 0 Å². The van der Waals surface area contributed by atoms with Gasteiger partial charge in [-0.1, -0.05) is 6.07 Å². The van der Waals surface area contributed by atoms with Gasteiger partial charge in [0.15, 0.2) is 0 Å². The monoisotopic (exact) mass is 370 g/mol. The number of nitrogens with zero attached hydrogens (tertiary/aromatic N) is 1. The summed E-state index contributed by atoms with van der Waals surface area (Å²) in [5, 5.41) is 8.72. The Morgan fingerprint density at radius 1 is 1.24 bits per heavy atom. The lowest BCUT2D eigenvalue weighted by atomic mass is 10.0. The van der Waals surface area contributed by atoms with Gasteiger partial charge in [0.25, 0.3) is 5.91 Å². The van der Waals surface area contributed by atoms with Gasteiger partial charge in [0.2, 0.25) is 5.91 Å². The van der Waals surface area contributed by atoms with Gasteiger partial charge < -0.3 is 9.64 Å². The van der Waals surface area contributed by atoms with Gasteiger partial charge in [-0.25, -0.2) is 5.48 Å². The number of hydrogen-bond acceptors (Lipinski definition) is 6. The Kier molecular flexibility index (Phi) is 5.19. The molecule has 1 aromatic carbocycles. The zero-order valence-electron chi connectivity index (χ0n) is 13.7. The van der Waals surface area contributed by atoms with E-state index in [9.17, 15) is 18.7 Å². The Labute approximate surface area is 147 Å². The summed E-state index contributed by atoms with van der Waals surface area (Å²) in [6, 6.07) is 4.82. The first kappa shape index (κ1) is 18.0. The summed E-state index contributed by atoms with van der Waals surface area (Å²) in [5.74, 6) is 0.275. The summed E-state index contributed by atoms with van der Waals surface area (Å²) in [6.45, 7) is 1.12. The van der Waals surface area contributed by atoms with E-state index >= 15 is 0 Å². The van der Waals surface area contributed by atoms with Gasteiger partial charge in [-0.3, -0.25) is 23.9 Å². The quantitative estimate of drug-likeness (QED) is 0.465. The highest BCUT2D eigenvalue weighted by molar-refractivity contribution is 8.24. The summed E-state index contributed by atoms with van der Waals surface area (Å²) in [6.07, 6.45) is 0.974. The summed E-state index contributed by atoms with van der Waals surface area (Å²) >= 11 is 0. The molecule has 2 amide bonds. The fourth-order valence-electron chi connectivity index (χ4n) is 3.18. The zero-order valence-corrected chi connectivity index (χ0v) is 14.5. The fourth-order valence-corrected chi connectivity index (χ4v) is 4.71.